The predicted octanol–water partition coefficient (Wildman–Crippen LogP) is 2.46. The van der Waals surface area contributed by atoms with Crippen LogP contribution in [0.4, 0.5) is 0 Å². The van der Waals surface area contributed by atoms with Crippen LogP contribution in [0.3, 0.4) is 0 Å². The zero-order valence-electron chi connectivity index (χ0n) is 13.4. The lowest BCUT2D eigenvalue weighted by atomic mass is 9.77. The first-order valence-corrected chi connectivity index (χ1v) is 7.89. The molecule has 1 aliphatic rings. The summed E-state index contributed by atoms with van der Waals surface area (Å²) in [6.07, 6.45) is 8.19. The zero-order valence-corrected chi connectivity index (χ0v) is 13.4. The Kier molecular flexibility index (Phi) is 5.22. The predicted molar refractivity (Wildman–Crippen MR) is 82.0 cm³/mol. The number of ether oxygens (including phenoxy) is 1. The molecular weight excluding hydrogens is 250 g/mol. The highest BCUT2D eigenvalue weighted by atomic mass is 16.5. The Balaban J connectivity index is 2.16. The van der Waals surface area contributed by atoms with E-state index in [0.29, 0.717) is 6.04 Å². The van der Waals surface area contributed by atoms with E-state index in [1.54, 1.807) is 0 Å². The standard InChI is InChI=1S/C16H29N3O/c1-5-13-11-14(19(3)18-13)12-15(17-2)16(20-4)9-7-6-8-10-16/h11,15,17H,5-10,12H2,1-4H3. The average molecular weight is 279 g/mol. The van der Waals surface area contributed by atoms with Gasteiger partial charge in [-0.2, -0.15) is 5.10 Å². The molecular formula is C16H29N3O. The largest absolute Gasteiger partial charge is 0.377 e. The molecule has 1 aromatic rings. The van der Waals surface area contributed by atoms with Crippen molar-refractivity contribution in [1.82, 2.24) is 15.1 Å². The maximum Gasteiger partial charge on any atom is 0.0834 e. The molecule has 20 heavy (non-hydrogen) atoms. The normalized spacial score (nSPS) is 20.0. The van der Waals surface area contributed by atoms with Gasteiger partial charge >= 0.3 is 0 Å². The first-order valence-electron chi connectivity index (χ1n) is 7.89. The van der Waals surface area contributed by atoms with Crippen LogP contribution in [0.5, 0.6) is 0 Å². The van der Waals surface area contributed by atoms with E-state index in [4.69, 9.17) is 4.74 Å². The summed E-state index contributed by atoms with van der Waals surface area (Å²) in [5.41, 5.74) is 2.46. The highest BCUT2D eigenvalue weighted by Gasteiger charge is 2.39. The van der Waals surface area contributed by atoms with Crippen molar-refractivity contribution in [1.29, 1.82) is 0 Å². The summed E-state index contributed by atoms with van der Waals surface area (Å²) in [7, 11) is 5.97. The van der Waals surface area contributed by atoms with E-state index in [0.717, 1.165) is 25.7 Å². The maximum atomic E-state index is 5.98. The molecule has 1 N–H and O–H groups in total. The van der Waals surface area contributed by atoms with E-state index in [1.807, 2.05) is 18.8 Å². The van der Waals surface area contributed by atoms with Crippen molar-refractivity contribution in [2.45, 2.75) is 63.5 Å². The second-order valence-corrected chi connectivity index (χ2v) is 5.98. The third-order valence-corrected chi connectivity index (χ3v) is 4.89. The van der Waals surface area contributed by atoms with Crippen molar-refractivity contribution in [3.05, 3.63) is 17.5 Å². The van der Waals surface area contributed by atoms with E-state index in [-0.39, 0.29) is 5.60 Å². The van der Waals surface area contributed by atoms with Gasteiger partial charge in [-0.25, -0.2) is 0 Å². The van der Waals surface area contributed by atoms with Crippen molar-refractivity contribution in [3.63, 3.8) is 0 Å². The van der Waals surface area contributed by atoms with Gasteiger partial charge in [0.15, 0.2) is 0 Å². The third kappa shape index (κ3) is 3.07. The SMILES string of the molecule is CCc1cc(CC(NC)C2(OC)CCCCC2)n(C)n1. The summed E-state index contributed by atoms with van der Waals surface area (Å²) in [6, 6.07) is 2.59. The molecule has 1 fully saturated rings. The van der Waals surface area contributed by atoms with E-state index in [1.165, 1.54) is 30.7 Å². The van der Waals surface area contributed by atoms with Crippen LogP contribution in [0.25, 0.3) is 0 Å². The fraction of sp³-hybridized carbons (Fsp3) is 0.812. The quantitative estimate of drug-likeness (QED) is 0.869. The van der Waals surface area contributed by atoms with Gasteiger partial charge in [-0.05, 0) is 32.4 Å². The summed E-state index contributed by atoms with van der Waals surface area (Å²) in [5.74, 6) is 0. The Labute approximate surface area is 122 Å². The van der Waals surface area contributed by atoms with Crippen molar-refractivity contribution >= 4 is 0 Å². The molecule has 0 amide bonds. The summed E-state index contributed by atoms with van der Waals surface area (Å²) in [6.45, 7) is 2.15. The number of aromatic nitrogens is 2. The number of aryl methyl sites for hydroxylation is 2. The number of nitrogens with one attached hydrogen (secondary N) is 1. The highest BCUT2D eigenvalue weighted by Crippen LogP contribution is 2.35. The maximum absolute atomic E-state index is 5.98. The molecule has 4 nitrogen and oxygen atoms in total. The molecule has 1 aliphatic carbocycles. The first-order chi connectivity index (χ1) is 9.65. The fourth-order valence-electron chi connectivity index (χ4n) is 3.54. The van der Waals surface area contributed by atoms with E-state index >= 15 is 0 Å². The lowest BCUT2D eigenvalue weighted by Crippen LogP contribution is -2.53. The summed E-state index contributed by atoms with van der Waals surface area (Å²) in [4.78, 5) is 0. The van der Waals surface area contributed by atoms with Gasteiger partial charge in [-0.3, -0.25) is 4.68 Å². The number of likely N-dealkylation sites (N-methyl/N-ethyl adjacent to an activating group) is 1. The van der Waals surface area contributed by atoms with Crippen LogP contribution in [0.15, 0.2) is 6.07 Å². The highest BCUT2D eigenvalue weighted by molar-refractivity contribution is 5.13. The molecule has 0 spiro atoms. The Morgan fingerprint density at radius 1 is 1.40 bits per heavy atom. The van der Waals surface area contributed by atoms with Gasteiger partial charge < -0.3 is 10.1 Å². The first kappa shape index (κ1) is 15.5. The number of hydrogen-bond acceptors (Lipinski definition) is 3. The molecule has 1 atom stereocenters. The minimum absolute atomic E-state index is 0.0103. The van der Waals surface area contributed by atoms with E-state index in [2.05, 4.69) is 30.5 Å². The third-order valence-electron chi connectivity index (χ3n) is 4.89. The molecule has 0 saturated heterocycles. The Hall–Kier alpha value is -0.870. The molecule has 1 aromatic heterocycles. The van der Waals surface area contributed by atoms with E-state index in [9.17, 15) is 0 Å². The number of rotatable bonds is 6. The van der Waals surface area contributed by atoms with Gasteiger partial charge in [0.25, 0.3) is 0 Å². The lowest BCUT2D eigenvalue weighted by molar-refractivity contribution is -0.0660. The number of nitrogens with zero attached hydrogens (tertiary/aromatic N) is 2. The topological polar surface area (TPSA) is 39.1 Å². The monoisotopic (exact) mass is 279 g/mol. The van der Waals surface area contributed by atoms with Crippen molar-refractivity contribution in [2.75, 3.05) is 14.2 Å². The molecule has 2 rings (SSSR count). The van der Waals surface area contributed by atoms with Crippen LogP contribution in [0.1, 0.15) is 50.4 Å². The molecule has 4 heteroatoms. The molecule has 0 aliphatic heterocycles. The van der Waals surface area contributed by atoms with Crippen LogP contribution >= 0.6 is 0 Å². The number of methoxy groups -OCH3 is 1. The van der Waals surface area contributed by atoms with Crippen LogP contribution in [-0.4, -0.2) is 35.6 Å². The summed E-state index contributed by atoms with van der Waals surface area (Å²) < 4.78 is 8.01. The fourth-order valence-corrected chi connectivity index (χ4v) is 3.54. The van der Waals surface area contributed by atoms with Gasteiger partial charge in [-0.1, -0.05) is 26.2 Å². The van der Waals surface area contributed by atoms with Crippen LogP contribution in [0, 0.1) is 0 Å². The van der Waals surface area contributed by atoms with Gasteiger partial charge in [0.05, 0.1) is 11.3 Å². The molecule has 1 heterocycles. The Bertz CT molecular complexity index is 421. The van der Waals surface area contributed by atoms with Crippen molar-refractivity contribution in [2.24, 2.45) is 7.05 Å². The van der Waals surface area contributed by atoms with Crippen LogP contribution < -0.4 is 5.32 Å². The molecule has 1 unspecified atom stereocenters. The number of hydrogen-bond donors (Lipinski definition) is 1. The lowest BCUT2D eigenvalue weighted by Gasteiger charge is -2.42. The molecule has 1 saturated carbocycles. The smallest absolute Gasteiger partial charge is 0.0834 e. The van der Waals surface area contributed by atoms with Crippen LogP contribution in [0.2, 0.25) is 0 Å². The Morgan fingerprint density at radius 3 is 2.60 bits per heavy atom. The second kappa shape index (κ2) is 6.72. The van der Waals surface area contributed by atoms with E-state index < -0.39 is 0 Å². The summed E-state index contributed by atoms with van der Waals surface area (Å²) in [5, 5.41) is 8.06. The average Bonchev–Trinajstić information content (AvgIpc) is 2.85. The van der Waals surface area contributed by atoms with Gasteiger partial charge in [-0.15, -0.1) is 0 Å². The van der Waals surface area contributed by atoms with Crippen molar-refractivity contribution < 1.29 is 4.74 Å². The molecule has 0 aromatic carbocycles. The molecule has 0 bridgehead atoms. The molecule has 0 radical (unpaired) electrons. The van der Waals surface area contributed by atoms with Gasteiger partial charge in [0.2, 0.25) is 0 Å². The minimum atomic E-state index is -0.0103. The van der Waals surface area contributed by atoms with Crippen LogP contribution in [-0.2, 0) is 24.6 Å². The minimum Gasteiger partial charge on any atom is -0.377 e. The second-order valence-electron chi connectivity index (χ2n) is 5.98. The van der Waals surface area contributed by atoms with Gasteiger partial charge in [0.1, 0.15) is 0 Å². The zero-order chi connectivity index (χ0) is 14.6. The summed E-state index contributed by atoms with van der Waals surface area (Å²) >= 11 is 0. The molecule has 114 valence electrons. The van der Waals surface area contributed by atoms with Crippen molar-refractivity contribution in [3.8, 4) is 0 Å². The van der Waals surface area contributed by atoms with Gasteiger partial charge in [0, 0.05) is 32.3 Å². The Morgan fingerprint density at radius 2 is 2.10 bits per heavy atom.